The molecule has 5 nitrogen and oxygen atoms in total. The summed E-state index contributed by atoms with van der Waals surface area (Å²) in [6, 6.07) is 0. The Morgan fingerprint density at radius 2 is 2.20 bits per heavy atom. The predicted molar refractivity (Wildman–Crippen MR) is 53.9 cm³/mol. The zero-order chi connectivity index (χ0) is 10.9. The minimum Gasteiger partial charge on any atom is -0.379 e. The molecular formula is C10H18N2O3. The van der Waals surface area contributed by atoms with Crippen LogP contribution in [-0.2, 0) is 9.53 Å². The average molecular weight is 214 g/mol. The molecule has 0 bridgehead atoms. The third-order valence-electron chi connectivity index (χ3n) is 3.30. The van der Waals surface area contributed by atoms with Gasteiger partial charge in [0.15, 0.2) is 6.35 Å². The summed E-state index contributed by atoms with van der Waals surface area (Å²) in [5.74, 6) is -0.0788. The monoisotopic (exact) mass is 214 g/mol. The third kappa shape index (κ3) is 2.00. The van der Waals surface area contributed by atoms with E-state index in [0.717, 1.165) is 32.3 Å². The second-order valence-corrected chi connectivity index (χ2v) is 4.26. The van der Waals surface area contributed by atoms with Crippen LogP contribution in [0.15, 0.2) is 0 Å². The molecule has 1 unspecified atom stereocenters. The molecular weight excluding hydrogens is 196 g/mol. The van der Waals surface area contributed by atoms with Gasteiger partial charge in [-0.25, -0.2) is 0 Å². The lowest BCUT2D eigenvalue weighted by Crippen LogP contribution is -2.51. The first kappa shape index (κ1) is 10.9. The average Bonchev–Trinajstić information content (AvgIpc) is 2.47. The molecule has 1 atom stereocenters. The molecule has 1 spiro atoms. The fraction of sp³-hybridized carbons (Fsp3) is 0.900. The van der Waals surface area contributed by atoms with E-state index in [9.17, 15) is 9.90 Å². The molecule has 1 aliphatic heterocycles. The fourth-order valence-corrected chi connectivity index (χ4v) is 2.48. The number of ether oxygens (including phenoxy) is 1. The molecule has 3 N–H and O–H groups in total. The van der Waals surface area contributed by atoms with Crippen LogP contribution in [0, 0.1) is 0 Å². The smallest absolute Gasteiger partial charge is 0.243 e. The Bertz CT molecular complexity index is 249. The van der Waals surface area contributed by atoms with Gasteiger partial charge in [0.1, 0.15) is 5.54 Å². The van der Waals surface area contributed by atoms with Crippen molar-refractivity contribution in [2.75, 3.05) is 6.61 Å². The van der Waals surface area contributed by atoms with Crippen LogP contribution in [-0.4, -0.2) is 35.6 Å². The second kappa shape index (κ2) is 4.08. The van der Waals surface area contributed by atoms with Gasteiger partial charge in [-0.05, 0) is 32.6 Å². The minimum absolute atomic E-state index is 0.0788. The van der Waals surface area contributed by atoms with Crippen molar-refractivity contribution in [2.45, 2.75) is 50.6 Å². The van der Waals surface area contributed by atoms with Crippen molar-refractivity contribution in [3.8, 4) is 0 Å². The maximum absolute atomic E-state index is 11.7. The van der Waals surface area contributed by atoms with Crippen LogP contribution in [0.3, 0.4) is 0 Å². The summed E-state index contributed by atoms with van der Waals surface area (Å²) in [5.41, 5.74) is -0.549. The van der Waals surface area contributed by atoms with Crippen molar-refractivity contribution < 1.29 is 14.6 Å². The molecule has 1 aliphatic carbocycles. The van der Waals surface area contributed by atoms with Crippen molar-refractivity contribution in [2.24, 2.45) is 0 Å². The number of hydrogen-bond acceptors (Lipinski definition) is 4. The molecule has 0 aromatic carbocycles. The Kier molecular flexibility index (Phi) is 2.95. The zero-order valence-corrected chi connectivity index (χ0v) is 8.95. The van der Waals surface area contributed by atoms with Crippen molar-refractivity contribution in [3.63, 3.8) is 0 Å². The Morgan fingerprint density at radius 3 is 2.67 bits per heavy atom. The Morgan fingerprint density at radius 1 is 1.53 bits per heavy atom. The molecule has 2 fully saturated rings. The van der Waals surface area contributed by atoms with Crippen molar-refractivity contribution in [1.29, 1.82) is 0 Å². The first-order valence-electron chi connectivity index (χ1n) is 5.54. The molecule has 15 heavy (non-hydrogen) atoms. The number of aliphatic hydroxyl groups excluding tert-OH is 1. The van der Waals surface area contributed by atoms with E-state index >= 15 is 0 Å². The number of aliphatic hydroxyl groups is 1. The molecule has 2 rings (SSSR count). The Hall–Kier alpha value is -0.650. The lowest BCUT2D eigenvalue weighted by atomic mass is 9.80. The van der Waals surface area contributed by atoms with E-state index in [1.165, 1.54) is 0 Å². The summed E-state index contributed by atoms with van der Waals surface area (Å²) >= 11 is 0. The van der Waals surface area contributed by atoms with Gasteiger partial charge in [-0.3, -0.25) is 10.1 Å². The van der Waals surface area contributed by atoms with E-state index in [2.05, 4.69) is 10.6 Å². The lowest BCUT2D eigenvalue weighted by molar-refractivity contribution is -0.126. The summed E-state index contributed by atoms with van der Waals surface area (Å²) in [7, 11) is 0. The Balaban J connectivity index is 1.94. The van der Waals surface area contributed by atoms with E-state index in [0.29, 0.717) is 0 Å². The SMILES string of the molecule is CCOC1CCC2(CC1)NC(O)NC2=O. The normalized spacial score (nSPS) is 40.8. The van der Waals surface area contributed by atoms with E-state index in [1.54, 1.807) is 0 Å². The van der Waals surface area contributed by atoms with Gasteiger partial charge in [0.05, 0.1) is 6.10 Å². The maximum atomic E-state index is 11.7. The molecule has 2 aliphatic rings. The van der Waals surface area contributed by atoms with Gasteiger partial charge in [0.25, 0.3) is 0 Å². The molecule has 1 saturated carbocycles. The van der Waals surface area contributed by atoms with E-state index in [1.807, 2.05) is 6.92 Å². The van der Waals surface area contributed by atoms with E-state index in [4.69, 9.17) is 4.74 Å². The highest BCUT2D eigenvalue weighted by Gasteiger charge is 2.47. The minimum atomic E-state index is -0.888. The number of nitrogens with one attached hydrogen (secondary N) is 2. The molecule has 86 valence electrons. The standard InChI is InChI=1S/C10H18N2O3/c1-2-15-7-3-5-10(6-4-7)8(13)11-9(14)12-10/h7,9,12,14H,2-6H2,1H3,(H,11,13). The number of rotatable bonds is 2. The zero-order valence-electron chi connectivity index (χ0n) is 8.95. The number of amides is 1. The van der Waals surface area contributed by atoms with Gasteiger partial charge in [-0.2, -0.15) is 0 Å². The highest BCUT2D eigenvalue weighted by Crippen LogP contribution is 2.32. The second-order valence-electron chi connectivity index (χ2n) is 4.26. The van der Waals surface area contributed by atoms with Crippen LogP contribution in [0.4, 0.5) is 0 Å². The first-order valence-corrected chi connectivity index (χ1v) is 5.54. The van der Waals surface area contributed by atoms with Crippen LogP contribution in [0.5, 0.6) is 0 Å². The van der Waals surface area contributed by atoms with Crippen molar-refractivity contribution in [1.82, 2.24) is 10.6 Å². The van der Waals surface area contributed by atoms with Crippen LogP contribution < -0.4 is 10.6 Å². The van der Waals surface area contributed by atoms with Crippen LogP contribution >= 0.6 is 0 Å². The predicted octanol–water partition coefficient (Wildman–Crippen LogP) is -0.300. The summed E-state index contributed by atoms with van der Waals surface area (Å²) in [4.78, 5) is 11.7. The quantitative estimate of drug-likeness (QED) is 0.590. The van der Waals surface area contributed by atoms with Crippen LogP contribution in [0.25, 0.3) is 0 Å². The fourth-order valence-electron chi connectivity index (χ4n) is 2.48. The van der Waals surface area contributed by atoms with Crippen molar-refractivity contribution >= 4 is 5.91 Å². The molecule has 1 amide bonds. The van der Waals surface area contributed by atoms with Gasteiger partial charge in [-0.1, -0.05) is 0 Å². The number of hydrogen-bond donors (Lipinski definition) is 3. The summed E-state index contributed by atoms with van der Waals surface area (Å²) in [5, 5.41) is 14.7. The van der Waals surface area contributed by atoms with Crippen molar-refractivity contribution in [3.05, 3.63) is 0 Å². The lowest BCUT2D eigenvalue weighted by Gasteiger charge is -2.34. The van der Waals surface area contributed by atoms with E-state index < -0.39 is 11.9 Å². The summed E-state index contributed by atoms with van der Waals surface area (Å²) in [6.07, 6.45) is 2.61. The third-order valence-corrected chi connectivity index (χ3v) is 3.30. The topological polar surface area (TPSA) is 70.6 Å². The summed E-state index contributed by atoms with van der Waals surface area (Å²) in [6.45, 7) is 2.70. The Labute approximate surface area is 89.2 Å². The largest absolute Gasteiger partial charge is 0.379 e. The van der Waals surface area contributed by atoms with Gasteiger partial charge < -0.3 is 15.2 Å². The van der Waals surface area contributed by atoms with Gasteiger partial charge >= 0.3 is 0 Å². The highest BCUT2D eigenvalue weighted by molar-refractivity contribution is 5.88. The maximum Gasteiger partial charge on any atom is 0.243 e. The highest BCUT2D eigenvalue weighted by atomic mass is 16.5. The first-order chi connectivity index (χ1) is 7.16. The number of carbonyl (C=O) groups excluding carboxylic acids is 1. The van der Waals surface area contributed by atoms with Gasteiger partial charge in [-0.15, -0.1) is 0 Å². The molecule has 0 aromatic heterocycles. The number of carbonyl (C=O) groups is 1. The molecule has 0 aromatic rings. The molecule has 5 heteroatoms. The molecule has 1 saturated heterocycles. The van der Waals surface area contributed by atoms with Gasteiger partial charge in [0.2, 0.25) is 5.91 Å². The molecule has 0 radical (unpaired) electrons. The van der Waals surface area contributed by atoms with Crippen LogP contribution in [0.2, 0.25) is 0 Å². The van der Waals surface area contributed by atoms with Gasteiger partial charge in [0, 0.05) is 6.61 Å². The molecule has 1 heterocycles. The summed E-state index contributed by atoms with van der Waals surface area (Å²) < 4.78 is 5.53. The van der Waals surface area contributed by atoms with E-state index in [-0.39, 0.29) is 12.0 Å². The van der Waals surface area contributed by atoms with Crippen LogP contribution in [0.1, 0.15) is 32.6 Å².